The van der Waals surface area contributed by atoms with Gasteiger partial charge < -0.3 is 10.6 Å². The second-order valence-corrected chi connectivity index (χ2v) is 10.1. The van der Waals surface area contributed by atoms with Crippen molar-refractivity contribution in [1.82, 2.24) is 10.6 Å². The number of hydrogen-bond acceptors (Lipinski definition) is 3. The Balaban J connectivity index is 0.000000232. The quantitative estimate of drug-likeness (QED) is 0.340. The predicted octanol–water partition coefficient (Wildman–Crippen LogP) is 8.33. The summed E-state index contributed by atoms with van der Waals surface area (Å²) >= 11 is 0. The first-order valence-electron chi connectivity index (χ1n) is 13.6. The maximum absolute atomic E-state index is 4.28. The van der Waals surface area contributed by atoms with E-state index in [0.717, 1.165) is 67.9 Å². The van der Waals surface area contributed by atoms with Crippen LogP contribution in [0, 0.1) is 0 Å². The molecule has 2 N–H and O–H groups in total. The van der Waals surface area contributed by atoms with Crippen molar-refractivity contribution >= 4 is 17.4 Å². The van der Waals surface area contributed by atoms with Crippen molar-refractivity contribution in [3.63, 3.8) is 0 Å². The van der Waals surface area contributed by atoms with Crippen LogP contribution >= 0.6 is 0 Å². The number of fused-ring (bicyclic) bond motifs is 1. The third-order valence-corrected chi connectivity index (χ3v) is 6.75. The maximum Gasteiger partial charge on any atom is 0.0957 e. The number of nitrogens with zero attached hydrogens (tertiary/aromatic N) is 1. The van der Waals surface area contributed by atoms with Gasteiger partial charge in [0.15, 0.2) is 0 Å². The Morgan fingerprint density at radius 2 is 1.68 bits per heavy atom. The zero-order valence-electron chi connectivity index (χ0n) is 23.5. The fourth-order valence-electron chi connectivity index (χ4n) is 4.48. The molecule has 2 aromatic carbocycles. The van der Waals surface area contributed by atoms with Crippen molar-refractivity contribution < 1.29 is 0 Å². The molecule has 38 heavy (non-hydrogen) atoms. The number of aliphatic imine (C=N–C) groups is 1. The normalized spacial score (nSPS) is 13.8. The molecular formula is C35H43N3. The summed E-state index contributed by atoms with van der Waals surface area (Å²) in [6.07, 6.45) is 12.5. The third kappa shape index (κ3) is 8.92. The molecule has 0 saturated heterocycles. The Hall–Kier alpha value is -3.85. The molecule has 3 nitrogen and oxygen atoms in total. The lowest BCUT2D eigenvalue weighted by Crippen LogP contribution is -2.26. The van der Waals surface area contributed by atoms with Crippen molar-refractivity contribution in [1.29, 1.82) is 0 Å². The van der Waals surface area contributed by atoms with Crippen molar-refractivity contribution in [2.75, 3.05) is 6.54 Å². The van der Waals surface area contributed by atoms with Gasteiger partial charge in [-0.2, -0.15) is 0 Å². The molecule has 0 fully saturated rings. The van der Waals surface area contributed by atoms with Crippen LogP contribution in [0.1, 0.15) is 67.9 Å². The Labute approximate surface area is 230 Å². The molecule has 3 heteroatoms. The van der Waals surface area contributed by atoms with Gasteiger partial charge in [-0.05, 0) is 85.8 Å². The van der Waals surface area contributed by atoms with Gasteiger partial charge in [-0.15, -0.1) is 0 Å². The van der Waals surface area contributed by atoms with Gasteiger partial charge >= 0.3 is 0 Å². The van der Waals surface area contributed by atoms with Gasteiger partial charge in [0, 0.05) is 11.9 Å². The molecule has 1 aliphatic carbocycles. The van der Waals surface area contributed by atoms with Crippen LogP contribution in [0.4, 0.5) is 0 Å². The van der Waals surface area contributed by atoms with Crippen molar-refractivity contribution in [3.05, 3.63) is 132 Å². The summed E-state index contributed by atoms with van der Waals surface area (Å²) in [5.41, 5.74) is 12.5. The number of allylic oxidation sites excluding steroid dienone is 6. The van der Waals surface area contributed by atoms with E-state index in [1.807, 2.05) is 13.1 Å². The van der Waals surface area contributed by atoms with Crippen LogP contribution in [-0.2, 0) is 19.3 Å². The first-order valence-corrected chi connectivity index (χ1v) is 13.6. The summed E-state index contributed by atoms with van der Waals surface area (Å²) in [4.78, 5) is 4.28. The van der Waals surface area contributed by atoms with E-state index in [-0.39, 0.29) is 0 Å². The topological polar surface area (TPSA) is 36.4 Å². The average Bonchev–Trinajstić information content (AvgIpc) is 2.91. The van der Waals surface area contributed by atoms with Gasteiger partial charge in [0.25, 0.3) is 0 Å². The van der Waals surface area contributed by atoms with Gasteiger partial charge in [0.05, 0.1) is 18.1 Å². The standard InChI is InChI=1S/C23H24.C12H19N3/c1-16(2)21-10-7-19(8-11-21)5-6-20-9-12-23-18(4)13-17(3)14-22(23)15-20;1-4-10(2)15-11(3)14-9-12-7-5-6-8-13-12/h7-13,15H,1,3,5-6,14H2,2,4H3;7-8,14-15H,2-6,9H2,1H3. The first-order chi connectivity index (χ1) is 18.2. The highest BCUT2D eigenvalue weighted by Crippen LogP contribution is 2.29. The Bertz CT molecular complexity index is 1270. The second kappa shape index (κ2) is 14.2. The molecule has 0 bridgehead atoms. The van der Waals surface area contributed by atoms with Gasteiger partial charge in [0.1, 0.15) is 0 Å². The summed E-state index contributed by atoms with van der Waals surface area (Å²) in [7, 11) is 0. The fourth-order valence-corrected chi connectivity index (χ4v) is 4.48. The van der Waals surface area contributed by atoms with E-state index in [9.17, 15) is 0 Å². The summed E-state index contributed by atoms with van der Waals surface area (Å²) < 4.78 is 0. The highest BCUT2D eigenvalue weighted by atomic mass is 15.1. The molecule has 0 radical (unpaired) electrons. The largest absolute Gasteiger partial charge is 0.366 e. The summed E-state index contributed by atoms with van der Waals surface area (Å²) in [6, 6.07) is 15.7. The van der Waals surface area contributed by atoms with E-state index in [1.54, 1.807) is 0 Å². The van der Waals surface area contributed by atoms with Crippen LogP contribution in [-0.4, -0.2) is 12.8 Å². The van der Waals surface area contributed by atoms with Crippen LogP contribution in [0.5, 0.6) is 0 Å². The van der Waals surface area contributed by atoms with Crippen molar-refractivity contribution in [3.8, 4) is 0 Å². The maximum atomic E-state index is 4.28. The van der Waals surface area contributed by atoms with Gasteiger partial charge in [-0.1, -0.05) is 99.0 Å². The molecule has 0 aromatic heterocycles. The number of aryl methyl sites for hydroxylation is 2. The molecule has 0 saturated carbocycles. The van der Waals surface area contributed by atoms with E-state index >= 15 is 0 Å². The van der Waals surface area contributed by atoms with E-state index in [4.69, 9.17) is 0 Å². The van der Waals surface area contributed by atoms with Crippen LogP contribution in [0.3, 0.4) is 0 Å². The summed E-state index contributed by atoms with van der Waals surface area (Å²) in [6.45, 7) is 22.8. The molecule has 0 atom stereocenters. The van der Waals surface area contributed by atoms with E-state index in [1.165, 1.54) is 39.0 Å². The van der Waals surface area contributed by atoms with Gasteiger partial charge in [-0.25, -0.2) is 0 Å². The zero-order valence-corrected chi connectivity index (χ0v) is 23.5. The molecule has 1 heterocycles. The van der Waals surface area contributed by atoms with Crippen LogP contribution in [0.2, 0.25) is 0 Å². The zero-order chi connectivity index (χ0) is 27.5. The molecule has 4 rings (SSSR count). The average molecular weight is 506 g/mol. The Kier molecular flexibility index (Phi) is 10.7. The number of hydrogen-bond donors (Lipinski definition) is 2. The van der Waals surface area contributed by atoms with Crippen molar-refractivity contribution in [2.24, 2.45) is 4.99 Å². The van der Waals surface area contributed by atoms with Crippen LogP contribution in [0.25, 0.3) is 11.1 Å². The van der Waals surface area contributed by atoms with Crippen LogP contribution in [0.15, 0.2) is 109 Å². The highest BCUT2D eigenvalue weighted by Gasteiger charge is 2.12. The lowest BCUT2D eigenvalue weighted by molar-refractivity contribution is 0.756. The van der Waals surface area contributed by atoms with E-state index in [2.05, 4.69) is 110 Å². The molecule has 2 aromatic rings. The first kappa shape index (κ1) is 28.7. The van der Waals surface area contributed by atoms with Crippen molar-refractivity contribution in [2.45, 2.75) is 59.3 Å². The smallest absolute Gasteiger partial charge is 0.0957 e. The molecule has 0 unspecified atom stereocenters. The van der Waals surface area contributed by atoms with E-state index < -0.39 is 0 Å². The molecule has 2 aliphatic rings. The third-order valence-electron chi connectivity index (χ3n) is 6.75. The van der Waals surface area contributed by atoms with Gasteiger partial charge in [-0.3, -0.25) is 4.99 Å². The Morgan fingerprint density at radius 1 is 0.974 bits per heavy atom. The fraction of sp³-hybridized carbons (Fsp3) is 0.286. The van der Waals surface area contributed by atoms with Gasteiger partial charge in [0.2, 0.25) is 0 Å². The van der Waals surface area contributed by atoms with E-state index in [0.29, 0.717) is 0 Å². The SMILES string of the molecule is C=C(CC)NC(=C)NCC1=CCCC=N1.C=C1C=C(C)c2ccc(CCc3ccc(C(=C)C)cc3)cc2C1. The molecule has 1 aliphatic heterocycles. The monoisotopic (exact) mass is 505 g/mol. The number of nitrogens with one attached hydrogen (secondary N) is 2. The number of benzene rings is 2. The lowest BCUT2D eigenvalue weighted by atomic mass is 9.87. The summed E-state index contributed by atoms with van der Waals surface area (Å²) in [5, 5.41) is 6.26. The molecule has 198 valence electrons. The second-order valence-electron chi connectivity index (χ2n) is 10.1. The lowest BCUT2D eigenvalue weighted by Gasteiger charge is -2.18. The minimum atomic E-state index is 0.722. The highest BCUT2D eigenvalue weighted by molar-refractivity contribution is 5.72. The number of rotatable bonds is 10. The molecule has 0 amide bonds. The summed E-state index contributed by atoms with van der Waals surface area (Å²) in [5.74, 6) is 0.781. The van der Waals surface area contributed by atoms with Crippen LogP contribution < -0.4 is 10.6 Å². The molecular weight excluding hydrogens is 462 g/mol. The molecule has 0 spiro atoms. The minimum Gasteiger partial charge on any atom is -0.366 e. The minimum absolute atomic E-state index is 0.722. The predicted molar refractivity (Wildman–Crippen MR) is 167 cm³/mol. The Morgan fingerprint density at radius 3 is 2.34 bits per heavy atom.